The second-order valence-corrected chi connectivity index (χ2v) is 3.70. The number of halogens is 2. The summed E-state index contributed by atoms with van der Waals surface area (Å²) in [5.74, 6) is -1.32. The summed E-state index contributed by atoms with van der Waals surface area (Å²) in [7, 11) is 0. The second-order valence-electron chi connectivity index (χ2n) is 3.29. The van der Waals surface area contributed by atoms with Crippen molar-refractivity contribution in [3.63, 3.8) is 0 Å². The van der Waals surface area contributed by atoms with Gasteiger partial charge in [0.25, 0.3) is 0 Å². The van der Waals surface area contributed by atoms with Crippen molar-refractivity contribution < 1.29 is 8.78 Å². The van der Waals surface area contributed by atoms with E-state index in [2.05, 4.69) is 10.3 Å². The van der Waals surface area contributed by atoms with Crippen LogP contribution in [-0.4, -0.2) is 9.97 Å². The van der Waals surface area contributed by atoms with Gasteiger partial charge in [0.15, 0.2) is 0 Å². The van der Waals surface area contributed by atoms with Crippen LogP contribution in [0.4, 0.5) is 14.5 Å². The summed E-state index contributed by atoms with van der Waals surface area (Å²) in [6.07, 6.45) is 1.59. The monoisotopic (exact) mass is 250 g/mol. The van der Waals surface area contributed by atoms with Gasteiger partial charge in [-0.05, 0) is 24.3 Å². The quantitative estimate of drug-likeness (QED) is 0.829. The van der Waals surface area contributed by atoms with Crippen molar-refractivity contribution in [1.82, 2.24) is 4.98 Å². The van der Waals surface area contributed by atoms with Crippen molar-refractivity contribution in [2.24, 2.45) is 0 Å². The van der Waals surface area contributed by atoms with E-state index in [1.807, 2.05) is 0 Å². The first-order valence-corrected chi connectivity index (χ1v) is 5.25. The molecule has 1 N–H and O–H groups in total. The number of hydrogen-bond acceptors (Lipinski definition) is 2. The van der Waals surface area contributed by atoms with Crippen LogP contribution in [0.25, 0.3) is 0 Å². The van der Waals surface area contributed by atoms with Crippen molar-refractivity contribution in [2.75, 3.05) is 5.32 Å². The Kier molecular flexibility index (Phi) is 3.39. The fraction of sp³-hybridized carbons (Fsp3) is 0. The van der Waals surface area contributed by atoms with Gasteiger partial charge in [0, 0.05) is 12.3 Å². The maximum atomic E-state index is 13.3. The van der Waals surface area contributed by atoms with Gasteiger partial charge in [0.2, 0.25) is 0 Å². The van der Waals surface area contributed by atoms with E-state index in [-0.39, 0.29) is 10.7 Å². The molecule has 0 fully saturated rings. The van der Waals surface area contributed by atoms with Crippen LogP contribution in [0, 0.1) is 11.6 Å². The molecule has 0 amide bonds. The highest BCUT2D eigenvalue weighted by Gasteiger charge is 2.07. The van der Waals surface area contributed by atoms with Gasteiger partial charge < -0.3 is 5.32 Å². The van der Waals surface area contributed by atoms with E-state index in [9.17, 15) is 8.78 Å². The summed E-state index contributed by atoms with van der Waals surface area (Å²) in [5.41, 5.74) is 0.660. The predicted molar refractivity (Wildman–Crippen MR) is 65.9 cm³/mol. The first-order chi connectivity index (χ1) is 8.16. The number of benzene rings is 1. The van der Waals surface area contributed by atoms with Gasteiger partial charge in [-0.3, -0.25) is 4.98 Å². The van der Waals surface area contributed by atoms with E-state index in [0.29, 0.717) is 5.69 Å². The van der Waals surface area contributed by atoms with Gasteiger partial charge in [0.05, 0.1) is 11.4 Å². The summed E-state index contributed by atoms with van der Waals surface area (Å²) in [5, 5.41) is 2.68. The lowest BCUT2D eigenvalue weighted by atomic mass is 10.3. The van der Waals surface area contributed by atoms with E-state index in [1.165, 1.54) is 6.07 Å². The highest BCUT2D eigenvalue weighted by atomic mass is 32.1. The molecule has 2 nitrogen and oxygen atoms in total. The van der Waals surface area contributed by atoms with E-state index >= 15 is 0 Å². The van der Waals surface area contributed by atoms with Gasteiger partial charge in [-0.2, -0.15) is 0 Å². The molecule has 1 aromatic heterocycles. The Morgan fingerprint density at radius 3 is 2.65 bits per heavy atom. The van der Waals surface area contributed by atoms with Crippen LogP contribution in [0.15, 0.2) is 42.6 Å². The summed E-state index contributed by atoms with van der Waals surface area (Å²) >= 11 is 5.06. The number of rotatable bonds is 2. The van der Waals surface area contributed by atoms with E-state index in [1.54, 1.807) is 24.4 Å². The molecule has 0 unspecified atom stereocenters. The fourth-order valence-electron chi connectivity index (χ4n) is 1.27. The van der Waals surface area contributed by atoms with Gasteiger partial charge in [0.1, 0.15) is 16.6 Å². The number of hydrogen-bond donors (Lipinski definition) is 1. The molecule has 5 heteroatoms. The molecule has 0 saturated carbocycles. The Morgan fingerprint density at radius 2 is 2.00 bits per heavy atom. The van der Waals surface area contributed by atoms with Crippen LogP contribution in [0.5, 0.6) is 0 Å². The van der Waals surface area contributed by atoms with Crippen LogP contribution in [-0.2, 0) is 0 Å². The van der Waals surface area contributed by atoms with Crippen molar-refractivity contribution in [2.45, 2.75) is 0 Å². The topological polar surface area (TPSA) is 24.9 Å². The first kappa shape index (κ1) is 11.6. The van der Waals surface area contributed by atoms with E-state index in [0.717, 1.165) is 12.1 Å². The third-order valence-corrected chi connectivity index (χ3v) is 2.39. The van der Waals surface area contributed by atoms with Crippen LogP contribution >= 0.6 is 12.2 Å². The minimum absolute atomic E-state index is 0.127. The van der Waals surface area contributed by atoms with Crippen molar-refractivity contribution >= 4 is 22.9 Å². The zero-order valence-electron chi connectivity index (χ0n) is 8.65. The summed E-state index contributed by atoms with van der Waals surface area (Å²) in [6, 6.07) is 8.48. The minimum atomic E-state index is -0.691. The molecule has 0 aliphatic carbocycles. The Bertz CT molecular complexity index is 543. The smallest absolute Gasteiger partial charge is 0.149 e. The lowest BCUT2D eigenvalue weighted by Gasteiger charge is -2.08. The standard InChI is InChI=1S/C12H8F2N2S/c13-8-4-5-10(9(14)7-8)16-12(17)11-3-1-2-6-15-11/h1-7H,(H,16,17). The largest absolute Gasteiger partial charge is 0.342 e. The van der Waals surface area contributed by atoms with E-state index < -0.39 is 11.6 Å². The molecule has 2 aromatic rings. The SMILES string of the molecule is Fc1ccc(NC(=S)c2ccccn2)c(F)c1. The predicted octanol–water partition coefficient (Wildman–Crippen LogP) is 3.15. The molecule has 1 heterocycles. The molecule has 0 aliphatic heterocycles. The van der Waals surface area contributed by atoms with Gasteiger partial charge in [-0.1, -0.05) is 18.3 Å². The highest BCUT2D eigenvalue weighted by molar-refractivity contribution is 7.81. The molecule has 0 bridgehead atoms. The van der Waals surface area contributed by atoms with Crippen LogP contribution in [0.2, 0.25) is 0 Å². The number of nitrogens with one attached hydrogen (secondary N) is 1. The fourth-order valence-corrected chi connectivity index (χ4v) is 1.50. The van der Waals surface area contributed by atoms with Crippen molar-refractivity contribution in [3.05, 3.63) is 59.9 Å². The third-order valence-electron chi connectivity index (χ3n) is 2.08. The Hall–Kier alpha value is -1.88. The van der Waals surface area contributed by atoms with Crippen LogP contribution in [0.1, 0.15) is 5.69 Å². The lowest BCUT2D eigenvalue weighted by molar-refractivity contribution is 0.586. The summed E-state index contributed by atoms with van der Waals surface area (Å²) < 4.78 is 26.0. The molecule has 0 aliphatic rings. The zero-order chi connectivity index (χ0) is 12.3. The number of pyridine rings is 1. The second kappa shape index (κ2) is 4.97. The molecule has 0 saturated heterocycles. The third kappa shape index (κ3) is 2.82. The molecule has 0 atom stereocenters. The van der Waals surface area contributed by atoms with E-state index in [4.69, 9.17) is 12.2 Å². The maximum Gasteiger partial charge on any atom is 0.149 e. The highest BCUT2D eigenvalue weighted by Crippen LogP contribution is 2.15. The summed E-state index contributed by atoms with van der Waals surface area (Å²) in [6.45, 7) is 0. The zero-order valence-corrected chi connectivity index (χ0v) is 9.47. The van der Waals surface area contributed by atoms with Crippen LogP contribution in [0.3, 0.4) is 0 Å². The molecule has 86 valence electrons. The molecule has 2 rings (SSSR count). The van der Waals surface area contributed by atoms with Crippen molar-refractivity contribution in [1.29, 1.82) is 0 Å². The Morgan fingerprint density at radius 1 is 1.18 bits per heavy atom. The number of thiocarbonyl (C=S) groups is 1. The first-order valence-electron chi connectivity index (χ1n) is 4.84. The average Bonchev–Trinajstić information content (AvgIpc) is 2.34. The molecule has 0 spiro atoms. The number of nitrogens with zero attached hydrogens (tertiary/aromatic N) is 1. The lowest BCUT2D eigenvalue weighted by Crippen LogP contribution is -2.13. The summed E-state index contributed by atoms with van der Waals surface area (Å²) in [4.78, 5) is 4.31. The molecular weight excluding hydrogens is 242 g/mol. The van der Waals surface area contributed by atoms with Gasteiger partial charge >= 0.3 is 0 Å². The molecular formula is C12H8F2N2S. The molecule has 0 radical (unpaired) electrons. The van der Waals surface area contributed by atoms with Gasteiger partial charge in [-0.15, -0.1) is 0 Å². The number of aromatic nitrogens is 1. The minimum Gasteiger partial charge on any atom is -0.342 e. The normalized spacial score (nSPS) is 10.0. The average molecular weight is 250 g/mol. The van der Waals surface area contributed by atoms with Crippen molar-refractivity contribution in [3.8, 4) is 0 Å². The van der Waals surface area contributed by atoms with Crippen LogP contribution < -0.4 is 5.32 Å². The number of anilines is 1. The Balaban J connectivity index is 2.19. The Labute approximate surface area is 102 Å². The van der Waals surface area contributed by atoms with Gasteiger partial charge in [-0.25, -0.2) is 8.78 Å². The maximum absolute atomic E-state index is 13.3. The molecule has 17 heavy (non-hydrogen) atoms. The molecule has 1 aromatic carbocycles.